The molecule has 1 aromatic heterocycles. The molecule has 49 valence electrons. The zero-order chi connectivity index (χ0) is 6.97. The van der Waals surface area contributed by atoms with Crippen LogP contribution in [0.4, 0.5) is 0 Å². The van der Waals surface area contributed by atoms with Gasteiger partial charge >= 0.3 is 0 Å². The summed E-state index contributed by atoms with van der Waals surface area (Å²) in [6, 6.07) is 5.61. The van der Waals surface area contributed by atoms with Crippen LogP contribution in [0.1, 0.15) is 0 Å². The number of hydrogen-bond donors (Lipinski definition) is 0. The molecule has 0 fully saturated rings. The average molecular weight is 152 g/mol. The summed E-state index contributed by atoms with van der Waals surface area (Å²) in [6.07, 6.45) is 4.30. The Balaban J connectivity index is 2.95. The Kier molecular flexibility index (Phi) is 1.18. The molecule has 2 rings (SSSR count). The second-order valence-corrected chi connectivity index (χ2v) is 2.45. The largest absolute Gasteiger partial charge is 0.460 e. The molecule has 0 saturated carbocycles. The lowest BCUT2D eigenvalue weighted by Crippen LogP contribution is -1.63. The van der Waals surface area contributed by atoms with Crippen molar-refractivity contribution in [1.82, 2.24) is 0 Å². The second kappa shape index (κ2) is 2.03. The Labute approximate surface area is 63.2 Å². The van der Waals surface area contributed by atoms with E-state index in [4.69, 9.17) is 16.0 Å². The summed E-state index contributed by atoms with van der Waals surface area (Å²) >= 11 is 5.82. The third kappa shape index (κ3) is 0.711. The third-order valence-electron chi connectivity index (χ3n) is 1.40. The molecule has 0 unspecified atom stereocenters. The van der Waals surface area contributed by atoms with Gasteiger partial charge in [-0.05, 0) is 6.07 Å². The smallest absolute Gasteiger partial charge is 0.177 e. The van der Waals surface area contributed by atoms with Crippen LogP contribution < -0.4 is 0 Å². The van der Waals surface area contributed by atoms with E-state index >= 15 is 0 Å². The predicted octanol–water partition coefficient (Wildman–Crippen LogP) is 2.89. The molecule has 1 nitrogen and oxygen atoms in total. The minimum atomic E-state index is 0.711. The fourth-order valence-electron chi connectivity index (χ4n) is 0.898. The summed E-state index contributed by atoms with van der Waals surface area (Å²) < 4.78 is 4.84. The van der Waals surface area contributed by atoms with Crippen molar-refractivity contribution >= 4 is 22.4 Å². The van der Waals surface area contributed by atoms with Crippen molar-refractivity contribution in [2.45, 2.75) is 0 Å². The van der Waals surface area contributed by atoms with Crippen molar-refractivity contribution in [3.8, 4) is 0 Å². The molecule has 0 aliphatic carbocycles. The van der Waals surface area contributed by atoms with Gasteiger partial charge in [-0.15, -0.1) is 0 Å². The summed E-state index contributed by atoms with van der Waals surface area (Å²) in [5, 5.41) is 2.55. The van der Waals surface area contributed by atoms with Crippen LogP contribution in [0, 0.1) is 6.26 Å². The molecule has 0 atom stereocenters. The fraction of sp³-hybridized carbons (Fsp3) is 0. The lowest BCUT2D eigenvalue weighted by Gasteiger charge is -1.87. The summed E-state index contributed by atoms with van der Waals surface area (Å²) in [7, 11) is 0. The van der Waals surface area contributed by atoms with Gasteiger partial charge in [-0.2, -0.15) is 0 Å². The average Bonchev–Trinajstić information content (AvgIpc) is 2.36. The van der Waals surface area contributed by atoms with Gasteiger partial charge in [0.05, 0.1) is 5.02 Å². The van der Waals surface area contributed by atoms with Crippen LogP contribution in [0.15, 0.2) is 28.9 Å². The van der Waals surface area contributed by atoms with Gasteiger partial charge in [0.25, 0.3) is 0 Å². The first-order valence-electron chi connectivity index (χ1n) is 2.91. The molecule has 0 spiro atoms. The predicted molar refractivity (Wildman–Crippen MR) is 40.1 cm³/mol. The maximum Gasteiger partial charge on any atom is 0.177 e. The van der Waals surface area contributed by atoms with Gasteiger partial charge in [-0.3, -0.25) is 0 Å². The fourth-order valence-corrected chi connectivity index (χ4v) is 1.12. The molecular weight excluding hydrogens is 148 g/mol. The highest BCUT2D eigenvalue weighted by molar-refractivity contribution is 6.35. The molecule has 0 aliphatic rings. The Morgan fingerprint density at radius 2 is 2.30 bits per heavy atom. The first-order valence-corrected chi connectivity index (χ1v) is 3.29. The van der Waals surface area contributed by atoms with E-state index in [1.54, 1.807) is 6.26 Å². The molecule has 0 aliphatic heterocycles. The quantitative estimate of drug-likeness (QED) is 0.564. The van der Waals surface area contributed by atoms with Gasteiger partial charge in [-0.1, -0.05) is 23.7 Å². The van der Waals surface area contributed by atoms with E-state index in [0.717, 1.165) is 10.8 Å². The summed E-state index contributed by atoms with van der Waals surface area (Å²) in [5.74, 6) is 0. The van der Waals surface area contributed by atoms with Crippen LogP contribution in [0.5, 0.6) is 0 Å². The van der Waals surface area contributed by atoms with Crippen molar-refractivity contribution in [3.05, 3.63) is 35.7 Å². The van der Waals surface area contributed by atoms with Gasteiger partial charge in [0.1, 0.15) is 6.26 Å². The number of furan rings is 1. The van der Waals surface area contributed by atoms with E-state index in [1.165, 1.54) is 0 Å². The maximum absolute atomic E-state index is 5.82. The van der Waals surface area contributed by atoms with Crippen LogP contribution in [-0.2, 0) is 0 Å². The Hall–Kier alpha value is -0.950. The Morgan fingerprint density at radius 1 is 1.40 bits per heavy atom. The highest BCUT2D eigenvalue weighted by atomic mass is 35.5. The van der Waals surface area contributed by atoms with Crippen LogP contribution in [-0.4, -0.2) is 0 Å². The van der Waals surface area contributed by atoms with Crippen LogP contribution in [0.3, 0.4) is 0 Å². The van der Waals surface area contributed by atoms with E-state index in [0.29, 0.717) is 5.02 Å². The first kappa shape index (κ1) is 5.81. The highest BCUT2D eigenvalue weighted by Gasteiger charge is 1.98. The highest BCUT2D eigenvalue weighted by Crippen LogP contribution is 2.22. The molecule has 2 aromatic rings. The minimum Gasteiger partial charge on any atom is -0.460 e. The molecule has 0 amide bonds. The number of fused-ring (bicyclic) bond motifs is 1. The van der Waals surface area contributed by atoms with Gasteiger partial charge in [-0.25, -0.2) is 0 Å². The summed E-state index contributed by atoms with van der Waals surface area (Å²) in [5.41, 5.74) is 0. The number of hydrogen-bond acceptors (Lipinski definition) is 1. The van der Waals surface area contributed by atoms with E-state index in [-0.39, 0.29) is 0 Å². The van der Waals surface area contributed by atoms with Crippen molar-refractivity contribution in [2.24, 2.45) is 0 Å². The molecule has 0 saturated heterocycles. The molecule has 10 heavy (non-hydrogen) atoms. The molecule has 1 radical (unpaired) electrons. The van der Waals surface area contributed by atoms with Gasteiger partial charge in [0, 0.05) is 10.8 Å². The second-order valence-electron chi connectivity index (χ2n) is 2.04. The first-order chi connectivity index (χ1) is 4.88. The molecular formula is C8H4ClO. The van der Waals surface area contributed by atoms with Crippen LogP contribution >= 0.6 is 11.6 Å². The standard InChI is InChI=1S/C8H4ClO/c9-8-3-1-2-6-4-10-5-7(6)8/h1-3,5H. The normalized spacial score (nSPS) is 10.5. The van der Waals surface area contributed by atoms with E-state index < -0.39 is 0 Å². The van der Waals surface area contributed by atoms with Gasteiger partial charge in [0.15, 0.2) is 6.26 Å². The summed E-state index contributed by atoms with van der Waals surface area (Å²) in [4.78, 5) is 0. The van der Waals surface area contributed by atoms with E-state index in [2.05, 4.69) is 6.26 Å². The van der Waals surface area contributed by atoms with Gasteiger partial charge < -0.3 is 4.42 Å². The lowest BCUT2D eigenvalue weighted by molar-refractivity contribution is 0.563. The summed E-state index contributed by atoms with van der Waals surface area (Å²) in [6.45, 7) is 0. The third-order valence-corrected chi connectivity index (χ3v) is 1.73. The van der Waals surface area contributed by atoms with Crippen molar-refractivity contribution in [1.29, 1.82) is 0 Å². The van der Waals surface area contributed by atoms with Crippen LogP contribution in [0.2, 0.25) is 5.02 Å². The van der Waals surface area contributed by atoms with Gasteiger partial charge in [0.2, 0.25) is 0 Å². The number of halogens is 1. The zero-order valence-corrected chi connectivity index (χ0v) is 5.85. The van der Waals surface area contributed by atoms with Crippen LogP contribution in [0.25, 0.3) is 10.8 Å². The zero-order valence-electron chi connectivity index (χ0n) is 5.10. The molecule has 1 heterocycles. The molecule has 0 bridgehead atoms. The number of rotatable bonds is 0. The Morgan fingerprint density at radius 3 is 3.10 bits per heavy atom. The lowest BCUT2D eigenvalue weighted by atomic mass is 10.2. The SMILES string of the molecule is Clc1cccc2[c]occ12. The molecule has 1 aromatic carbocycles. The molecule has 2 heteroatoms. The maximum atomic E-state index is 5.82. The van der Waals surface area contributed by atoms with E-state index in [9.17, 15) is 0 Å². The minimum absolute atomic E-state index is 0.711. The van der Waals surface area contributed by atoms with Crippen molar-refractivity contribution < 1.29 is 4.42 Å². The molecule has 0 N–H and O–H groups in total. The monoisotopic (exact) mass is 151 g/mol. The van der Waals surface area contributed by atoms with E-state index in [1.807, 2.05) is 18.2 Å². The topological polar surface area (TPSA) is 13.1 Å². The van der Waals surface area contributed by atoms with Crippen molar-refractivity contribution in [3.63, 3.8) is 0 Å². The Bertz CT molecular complexity index is 351. The number of benzene rings is 1. The van der Waals surface area contributed by atoms with Crippen molar-refractivity contribution in [2.75, 3.05) is 0 Å².